The fourth-order valence-electron chi connectivity index (χ4n) is 6.77. The first-order valence-electron chi connectivity index (χ1n) is 13.6. The Bertz CT molecular complexity index is 1550. The van der Waals surface area contributed by atoms with Crippen LogP contribution < -0.4 is 0 Å². The molecule has 6 nitrogen and oxygen atoms in total. The smallest absolute Gasteiger partial charge is 0.455 e. The first-order valence-corrected chi connectivity index (χ1v) is 14.4. The highest BCUT2D eigenvalue weighted by Gasteiger charge is 2.52. The molecule has 1 fully saturated rings. The summed E-state index contributed by atoms with van der Waals surface area (Å²) >= 11 is 3.48. The summed E-state index contributed by atoms with van der Waals surface area (Å²) < 4.78 is 6.96. The first-order chi connectivity index (χ1) is 19.3. The molecule has 1 aliphatic heterocycles. The molecule has 1 saturated heterocycles. The summed E-state index contributed by atoms with van der Waals surface area (Å²) in [6, 6.07) is 18.1. The van der Waals surface area contributed by atoms with Crippen molar-refractivity contribution in [3.63, 3.8) is 0 Å². The highest BCUT2D eigenvalue weighted by Crippen LogP contribution is 2.51. The van der Waals surface area contributed by atoms with Gasteiger partial charge in [0.15, 0.2) is 11.6 Å². The summed E-state index contributed by atoms with van der Waals surface area (Å²) in [5.74, 6) is -0.989. The maximum absolute atomic E-state index is 13.7. The Balaban J connectivity index is 1.33. The van der Waals surface area contributed by atoms with Crippen LogP contribution in [0.5, 0.6) is 5.75 Å². The van der Waals surface area contributed by atoms with Crippen molar-refractivity contribution in [2.24, 2.45) is 17.8 Å². The van der Waals surface area contributed by atoms with Crippen LogP contribution >= 0.6 is 15.9 Å². The number of halogens is 1. The molecule has 2 aromatic carbocycles. The van der Waals surface area contributed by atoms with E-state index in [1.165, 1.54) is 0 Å². The van der Waals surface area contributed by atoms with Gasteiger partial charge < -0.3 is 14.8 Å². The average molecular weight is 598 g/mol. The predicted molar refractivity (Wildman–Crippen MR) is 158 cm³/mol. The van der Waals surface area contributed by atoms with Crippen molar-refractivity contribution in [3.8, 4) is 5.75 Å². The number of pyridine rings is 1. The van der Waals surface area contributed by atoms with Crippen molar-refractivity contribution in [2.75, 3.05) is 0 Å². The minimum absolute atomic E-state index is 0.0118. The second-order valence-electron chi connectivity index (χ2n) is 10.9. The van der Waals surface area contributed by atoms with Gasteiger partial charge >= 0.3 is 7.12 Å². The number of phenols is 1. The number of nitrogens with zero attached hydrogens (tertiary/aromatic N) is 1. The van der Waals surface area contributed by atoms with Crippen molar-refractivity contribution in [1.29, 1.82) is 0 Å². The molecule has 8 heteroatoms. The van der Waals surface area contributed by atoms with Crippen LogP contribution in [0, 0.1) is 17.8 Å². The lowest BCUT2D eigenvalue weighted by atomic mass is 9.54. The molecule has 1 aromatic heterocycles. The first kappa shape index (κ1) is 26.9. The molecule has 0 spiro atoms. The lowest BCUT2D eigenvalue weighted by Gasteiger charge is -2.47. The molecular formula is C32H29BBrNO5. The van der Waals surface area contributed by atoms with Crippen LogP contribution in [-0.4, -0.2) is 39.9 Å². The van der Waals surface area contributed by atoms with E-state index in [0.29, 0.717) is 42.3 Å². The number of carbonyl (C=O) groups is 2. The molecular weight excluding hydrogens is 569 g/mol. The van der Waals surface area contributed by atoms with Crippen molar-refractivity contribution in [2.45, 2.75) is 38.6 Å². The van der Waals surface area contributed by atoms with E-state index in [1.807, 2.05) is 37.3 Å². The quantitative estimate of drug-likeness (QED) is 0.261. The van der Waals surface area contributed by atoms with E-state index in [9.17, 15) is 19.7 Å². The van der Waals surface area contributed by atoms with Crippen molar-refractivity contribution in [3.05, 3.63) is 105 Å². The second-order valence-corrected chi connectivity index (χ2v) is 11.8. The number of carbonyl (C=O) groups excluding carboxylic acids is 2. The number of phenolic OH excluding ortho intramolecular Hbond substituents is 1. The summed E-state index contributed by atoms with van der Waals surface area (Å²) in [4.78, 5) is 31.8. The number of fused-ring (bicyclic) bond motifs is 4. The van der Waals surface area contributed by atoms with Gasteiger partial charge in [-0.25, -0.2) is 0 Å². The minimum Gasteiger partial charge on any atom is -0.507 e. The number of aromatic hydroxyl groups is 1. The summed E-state index contributed by atoms with van der Waals surface area (Å²) in [6.07, 6.45) is 5.18. The van der Waals surface area contributed by atoms with Crippen molar-refractivity contribution < 1.29 is 24.4 Å². The zero-order chi connectivity index (χ0) is 28.0. The molecule has 2 heterocycles. The fraction of sp³-hybridized carbons (Fsp3) is 0.281. The van der Waals surface area contributed by atoms with E-state index in [0.717, 1.165) is 26.9 Å². The standard InChI is InChI=1S/C32H29BBrNO5/c1-18-14-24-30(32(38)23-7-3-2-6-22(23)31(24)37)25-17-33(39)40-28(29(18)25)12-9-19(26-8-4-5-13-35-26)15-20-16-21(34)10-11-27(20)36/h2-8,10-11,13,15-16,24-25,28,30,36,39H,9,12,14,17H2,1H3/b19-15-/t24-,25+,28-,30-/m1/s1. The van der Waals surface area contributed by atoms with Crippen LogP contribution in [-0.2, 0) is 4.65 Å². The van der Waals surface area contributed by atoms with Gasteiger partial charge in [0, 0.05) is 39.2 Å². The lowest BCUT2D eigenvalue weighted by Crippen LogP contribution is -2.50. The third-order valence-electron chi connectivity index (χ3n) is 8.50. The van der Waals surface area contributed by atoms with E-state index in [2.05, 4.69) is 20.9 Å². The number of allylic oxidation sites excluding steroid dienone is 2. The molecule has 0 bridgehead atoms. The maximum atomic E-state index is 13.7. The lowest BCUT2D eigenvalue weighted by molar-refractivity contribution is 0.0602. The number of rotatable bonds is 5. The van der Waals surface area contributed by atoms with Crippen LogP contribution in [0.15, 0.2) is 82.5 Å². The van der Waals surface area contributed by atoms with E-state index in [-0.39, 0.29) is 23.2 Å². The number of benzene rings is 2. The van der Waals surface area contributed by atoms with Gasteiger partial charge in [0.2, 0.25) is 0 Å². The average Bonchev–Trinajstić information content (AvgIpc) is 2.95. The van der Waals surface area contributed by atoms with Gasteiger partial charge in [0.05, 0.1) is 11.8 Å². The Kier molecular flexibility index (Phi) is 7.34. The SMILES string of the molecule is CC1=C2[C@@H](CC/C(=C/c3cc(Br)ccc3O)c3ccccn3)OB(O)C[C@@H]2[C@@H]2C(=O)c3ccccc3C(=O)[C@@H]2C1. The maximum Gasteiger partial charge on any atom is 0.455 e. The summed E-state index contributed by atoms with van der Waals surface area (Å²) in [6.45, 7) is 2.03. The van der Waals surface area contributed by atoms with Gasteiger partial charge in [0.1, 0.15) is 5.75 Å². The Hall–Kier alpha value is -3.33. The van der Waals surface area contributed by atoms with E-state index in [1.54, 1.807) is 42.6 Å². The third kappa shape index (κ3) is 4.89. The Morgan fingerprint density at radius 1 is 1.07 bits per heavy atom. The highest BCUT2D eigenvalue weighted by molar-refractivity contribution is 9.10. The molecule has 202 valence electrons. The summed E-state index contributed by atoms with van der Waals surface area (Å²) in [5, 5.41) is 21.3. The van der Waals surface area contributed by atoms with Crippen LogP contribution in [0.1, 0.15) is 58.2 Å². The molecule has 0 saturated carbocycles. The van der Waals surface area contributed by atoms with Crippen LogP contribution in [0.2, 0.25) is 6.32 Å². The molecule has 3 aromatic rings. The molecule has 0 radical (unpaired) electrons. The zero-order valence-corrected chi connectivity index (χ0v) is 23.7. The summed E-state index contributed by atoms with van der Waals surface area (Å²) in [5.41, 5.74) is 5.47. The molecule has 2 aliphatic carbocycles. The molecule has 6 rings (SSSR count). The number of hydrogen-bond donors (Lipinski definition) is 2. The Labute approximate surface area is 242 Å². The van der Waals surface area contributed by atoms with Crippen LogP contribution in [0.4, 0.5) is 0 Å². The number of ketones is 2. The van der Waals surface area contributed by atoms with Crippen molar-refractivity contribution >= 4 is 46.3 Å². The van der Waals surface area contributed by atoms with E-state index in [4.69, 9.17) is 4.65 Å². The van der Waals surface area contributed by atoms with E-state index < -0.39 is 25.1 Å². The van der Waals surface area contributed by atoms with Gasteiger partial charge in [-0.05, 0) is 86.0 Å². The molecule has 4 atom stereocenters. The number of hydrogen-bond acceptors (Lipinski definition) is 6. The highest BCUT2D eigenvalue weighted by atomic mass is 79.9. The number of aromatic nitrogens is 1. The largest absolute Gasteiger partial charge is 0.507 e. The topological polar surface area (TPSA) is 96.7 Å². The Morgan fingerprint density at radius 3 is 2.58 bits per heavy atom. The van der Waals surface area contributed by atoms with Gasteiger partial charge in [-0.15, -0.1) is 0 Å². The monoisotopic (exact) mass is 597 g/mol. The molecule has 3 aliphatic rings. The molecule has 2 N–H and O–H groups in total. The Morgan fingerprint density at radius 2 is 1.82 bits per heavy atom. The summed E-state index contributed by atoms with van der Waals surface area (Å²) in [7, 11) is -1.03. The molecule has 40 heavy (non-hydrogen) atoms. The van der Waals surface area contributed by atoms with Gasteiger partial charge in [-0.1, -0.05) is 51.8 Å². The van der Waals surface area contributed by atoms with Gasteiger partial charge in [-0.3, -0.25) is 14.6 Å². The number of Topliss-reactive ketones (excluding diaryl/α,β-unsaturated/α-hetero) is 2. The zero-order valence-electron chi connectivity index (χ0n) is 22.1. The van der Waals surface area contributed by atoms with Crippen molar-refractivity contribution in [1.82, 2.24) is 4.98 Å². The van der Waals surface area contributed by atoms with Crippen LogP contribution in [0.25, 0.3) is 11.6 Å². The van der Waals surface area contributed by atoms with Gasteiger partial charge in [-0.2, -0.15) is 0 Å². The molecule has 0 amide bonds. The normalized spacial score (nSPS) is 24.5. The molecule has 0 unspecified atom stereocenters. The second kappa shape index (κ2) is 10.9. The van der Waals surface area contributed by atoms with Crippen LogP contribution in [0.3, 0.4) is 0 Å². The third-order valence-corrected chi connectivity index (χ3v) is 8.99. The fourth-order valence-corrected chi connectivity index (χ4v) is 7.15. The minimum atomic E-state index is -1.03. The predicted octanol–water partition coefficient (Wildman–Crippen LogP) is 6.40. The van der Waals surface area contributed by atoms with E-state index >= 15 is 0 Å². The van der Waals surface area contributed by atoms with Gasteiger partial charge in [0.25, 0.3) is 0 Å².